The van der Waals surface area contributed by atoms with E-state index in [9.17, 15) is 21.6 Å². The highest BCUT2D eigenvalue weighted by Crippen LogP contribution is 2.54. The smallest absolute Gasteiger partial charge is 0.209 e. The Morgan fingerprint density at radius 1 is 1.11 bits per heavy atom. The summed E-state index contributed by atoms with van der Waals surface area (Å²) in [6, 6.07) is 6.59. The molecule has 1 aromatic carbocycles. The number of benzene rings is 1. The molecule has 0 aliphatic rings. The Bertz CT molecular complexity index is 536. The molecule has 0 saturated heterocycles. The van der Waals surface area contributed by atoms with E-state index in [4.69, 9.17) is 0 Å². The number of halogens is 3. The van der Waals surface area contributed by atoms with Crippen LogP contribution < -0.4 is 0 Å². The largest absolute Gasteiger partial charge is 0.523 e. The molecule has 0 spiro atoms. The van der Waals surface area contributed by atoms with Gasteiger partial charge in [-0.2, -0.15) is 21.6 Å². The quantitative estimate of drug-likeness (QED) is 0.805. The van der Waals surface area contributed by atoms with E-state index in [1.54, 1.807) is 31.2 Å². The summed E-state index contributed by atoms with van der Waals surface area (Å²) in [5.41, 5.74) is -4.71. The minimum atomic E-state index is -5.58. The van der Waals surface area contributed by atoms with E-state index in [2.05, 4.69) is 3.63 Å². The van der Waals surface area contributed by atoms with E-state index < -0.39 is 25.9 Å². The molecule has 0 heterocycles. The second kappa shape index (κ2) is 4.75. The third-order valence-corrected chi connectivity index (χ3v) is 6.33. The molecule has 0 aliphatic heterocycles. The molecule has 104 valence electrons. The second-order valence-electron chi connectivity index (χ2n) is 3.97. The van der Waals surface area contributed by atoms with Crippen LogP contribution >= 0.6 is 10.3 Å². The molecule has 0 atom stereocenters. The van der Waals surface area contributed by atoms with Crippen molar-refractivity contribution in [1.29, 1.82) is 0 Å². The molecule has 0 N–H and O–H groups in total. The van der Waals surface area contributed by atoms with Crippen LogP contribution in [0.4, 0.5) is 13.2 Å². The maximum atomic E-state index is 12.3. The number of rotatable bonds is 3. The summed E-state index contributed by atoms with van der Waals surface area (Å²) in [4.78, 5) is 0.470. The van der Waals surface area contributed by atoms with E-state index in [-0.39, 0.29) is 0 Å². The molecule has 1 rings (SSSR count). The fourth-order valence-electron chi connectivity index (χ4n) is 1.41. The SMILES string of the molecule is Cc1ccccc1S(C)(C)OS(=O)(=O)C(F)(F)F. The van der Waals surface area contributed by atoms with Crippen molar-refractivity contribution < 1.29 is 25.2 Å². The third kappa shape index (κ3) is 3.18. The minimum Gasteiger partial charge on any atom is -0.209 e. The van der Waals surface area contributed by atoms with Crippen molar-refractivity contribution in [2.45, 2.75) is 17.3 Å². The Hall–Kier alpha value is -0.730. The predicted octanol–water partition coefficient (Wildman–Crippen LogP) is 3.20. The Labute approximate surface area is 106 Å². The fraction of sp³-hybridized carbons (Fsp3) is 0.400. The van der Waals surface area contributed by atoms with Crippen LogP contribution in [0.3, 0.4) is 0 Å². The first kappa shape index (κ1) is 15.3. The van der Waals surface area contributed by atoms with Crippen molar-refractivity contribution >= 4 is 20.4 Å². The highest BCUT2D eigenvalue weighted by molar-refractivity contribution is 8.32. The first-order valence-corrected chi connectivity index (χ1v) is 8.57. The van der Waals surface area contributed by atoms with Gasteiger partial charge in [0.25, 0.3) is 0 Å². The van der Waals surface area contributed by atoms with E-state index >= 15 is 0 Å². The number of hydrogen-bond acceptors (Lipinski definition) is 3. The third-order valence-electron chi connectivity index (χ3n) is 2.17. The van der Waals surface area contributed by atoms with E-state index in [1.165, 1.54) is 12.5 Å². The first-order chi connectivity index (χ1) is 7.97. The van der Waals surface area contributed by atoms with Crippen LogP contribution in [-0.4, -0.2) is 26.4 Å². The van der Waals surface area contributed by atoms with Gasteiger partial charge in [0.15, 0.2) is 0 Å². The van der Waals surface area contributed by atoms with Crippen LogP contribution in [0.5, 0.6) is 0 Å². The van der Waals surface area contributed by atoms with Crippen molar-refractivity contribution in [2.24, 2.45) is 0 Å². The molecule has 8 heteroatoms. The van der Waals surface area contributed by atoms with Crippen LogP contribution in [0.1, 0.15) is 5.56 Å². The van der Waals surface area contributed by atoms with Gasteiger partial charge in [0.2, 0.25) is 0 Å². The average molecular weight is 302 g/mol. The maximum absolute atomic E-state index is 12.3. The zero-order valence-electron chi connectivity index (χ0n) is 9.98. The van der Waals surface area contributed by atoms with Gasteiger partial charge in [0, 0.05) is 4.90 Å². The van der Waals surface area contributed by atoms with Crippen molar-refractivity contribution in [3.8, 4) is 0 Å². The van der Waals surface area contributed by atoms with E-state index in [1.807, 2.05) is 0 Å². The summed E-state index contributed by atoms with van der Waals surface area (Å²) in [6.45, 7) is 1.69. The van der Waals surface area contributed by atoms with Gasteiger partial charge in [0.1, 0.15) is 0 Å². The molecular weight excluding hydrogens is 289 g/mol. The van der Waals surface area contributed by atoms with Crippen molar-refractivity contribution in [2.75, 3.05) is 12.5 Å². The molecule has 0 fully saturated rings. The van der Waals surface area contributed by atoms with Gasteiger partial charge in [-0.25, -0.2) is 3.63 Å². The van der Waals surface area contributed by atoms with Crippen molar-refractivity contribution in [1.82, 2.24) is 0 Å². The second-order valence-corrected chi connectivity index (χ2v) is 8.79. The summed E-state index contributed by atoms with van der Waals surface area (Å²) in [6.07, 6.45) is 2.72. The molecule has 0 aromatic heterocycles. The summed E-state index contributed by atoms with van der Waals surface area (Å²) in [5, 5.41) is 0. The molecule has 0 aliphatic carbocycles. The summed E-state index contributed by atoms with van der Waals surface area (Å²) >= 11 is 0. The van der Waals surface area contributed by atoms with Gasteiger partial charge < -0.3 is 0 Å². The maximum Gasteiger partial charge on any atom is 0.523 e. The summed E-state index contributed by atoms with van der Waals surface area (Å²) in [5.74, 6) is 0. The van der Waals surface area contributed by atoms with Gasteiger partial charge in [0.05, 0.1) is 0 Å². The van der Waals surface area contributed by atoms with Gasteiger partial charge in [-0.3, -0.25) is 0 Å². The number of aryl methyl sites for hydroxylation is 1. The molecule has 1 aromatic rings. The average Bonchev–Trinajstić information content (AvgIpc) is 2.14. The van der Waals surface area contributed by atoms with Crippen LogP contribution in [0.2, 0.25) is 0 Å². The Balaban J connectivity index is 3.15. The first-order valence-electron chi connectivity index (χ1n) is 4.79. The van der Waals surface area contributed by atoms with Crippen molar-refractivity contribution in [3.63, 3.8) is 0 Å². The topological polar surface area (TPSA) is 43.4 Å². The van der Waals surface area contributed by atoms with Crippen LogP contribution in [-0.2, 0) is 13.7 Å². The molecule has 0 saturated carbocycles. The molecule has 0 bridgehead atoms. The molecular formula is C10H13F3O3S2. The highest BCUT2D eigenvalue weighted by atomic mass is 32.3. The van der Waals surface area contributed by atoms with Crippen LogP contribution in [0, 0.1) is 6.92 Å². The lowest BCUT2D eigenvalue weighted by Crippen LogP contribution is -2.26. The van der Waals surface area contributed by atoms with E-state index in [0.717, 1.165) is 0 Å². The summed E-state index contributed by atoms with van der Waals surface area (Å²) < 4.78 is 63.3. The standard InChI is InChI=1S/C10H13F3O3S2/c1-8-6-4-5-7-9(8)17(2,3)16-18(14,15)10(11,12)13/h4-7H,1-3H3. The lowest BCUT2D eigenvalue weighted by molar-refractivity contribution is -0.0495. The van der Waals surface area contributed by atoms with Gasteiger partial charge in [-0.15, -0.1) is 0 Å². The fourth-order valence-corrected chi connectivity index (χ4v) is 5.05. The lowest BCUT2D eigenvalue weighted by atomic mass is 10.2. The van der Waals surface area contributed by atoms with Gasteiger partial charge in [-0.1, -0.05) is 28.5 Å². The highest BCUT2D eigenvalue weighted by Gasteiger charge is 2.49. The van der Waals surface area contributed by atoms with Crippen LogP contribution in [0.15, 0.2) is 29.2 Å². The Morgan fingerprint density at radius 2 is 1.61 bits per heavy atom. The predicted molar refractivity (Wildman–Crippen MR) is 64.9 cm³/mol. The number of hydrogen-bond donors (Lipinski definition) is 0. The molecule has 0 unspecified atom stereocenters. The normalized spacial score (nSPS) is 14.6. The lowest BCUT2D eigenvalue weighted by Gasteiger charge is -2.31. The monoisotopic (exact) mass is 302 g/mol. The number of alkyl halides is 3. The van der Waals surface area contributed by atoms with Gasteiger partial charge >= 0.3 is 15.6 Å². The summed E-state index contributed by atoms with van der Waals surface area (Å²) in [7, 11) is -8.12. The zero-order valence-corrected chi connectivity index (χ0v) is 11.6. The molecule has 0 amide bonds. The minimum absolute atomic E-state index is 0.470. The van der Waals surface area contributed by atoms with Gasteiger partial charge in [-0.05, 0) is 31.1 Å². The molecule has 18 heavy (non-hydrogen) atoms. The Kier molecular flexibility index (Phi) is 4.04. The van der Waals surface area contributed by atoms with Crippen molar-refractivity contribution in [3.05, 3.63) is 29.8 Å². The molecule has 3 nitrogen and oxygen atoms in total. The van der Waals surface area contributed by atoms with Crippen LogP contribution in [0.25, 0.3) is 0 Å². The van der Waals surface area contributed by atoms with E-state index in [0.29, 0.717) is 10.5 Å². The molecule has 0 radical (unpaired) electrons. The Morgan fingerprint density at radius 3 is 2.06 bits per heavy atom. The zero-order chi connectivity index (χ0) is 14.2.